The highest BCUT2D eigenvalue weighted by atomic mass is 16.5. The van der Waals surface area contributed by atoms with Gasteiger partial charge in [0.1, 0.15) is 11.3 Å². The van der Waals surface area contributed by atoms with Crippen LogP contribution in [0.25, 0.3) is 11.0 Å². The van der Waals surface area contributed by atoms with Gasteiger partial charge in [0.15, 0.2) is 0 Å². The average Bonchev–Trinajstić information content (AvgIpc) is 3.03. The Morgan fingerprint density at radius 2 is 2.04 bits per heavy atom. The zero-order valence-corrected chi connectivity index (χ0v) is 16.3. The van der Waals surface area contributed by atoms with Gasteiger partial charge in [-0.15, -0.1) is 0 Å². The van der Waals surface area contributed by atoms with Gasteiger partial charge in [-0.25, -0.2) is 0 Å². The predicted octanol–water partition coefficient (Wildman–Crippen LogP) is 3.71. The smallest absolute Gasteiger partial charge is 0.224 e. The molecule has 0 saturated heterocycles. The van der Waals surface area contributed by atoms with Gasteiger partial charge < -0.3 is 19.4 Å². The van der Waals surface area contributed by atoms with Gasteiger partial charge >= 0.3 is 0 Å². The molecule has 2 aromatic carbocycles. The first kappa shape index (κ1) is 19.0. The molecule has 1 heterocycles. The lowest BCUT2D eigenvalue weighted by molar-refractivity contribution is -0.120. The fourth-order valence-electron chi connectivity index (χ4n) is 3.22. The molecule has 1 atom stereocenters. The average molecular weight is 366 g/mol. The highest BCUT2D eigenvalue weighted by molar-refractivity contribution is 5.87. The molecule has 0 bridgehead atoms. The zero-order chi connectivity index (χ0) is 19.4. The van der Waals surface area contributed by atoms with E-state index in [4.69, 9.17) is 9.15 Å². The maximum absolute atomic E-state index is 12.5. The van der Waals surface area contributed by atoms with E-state index in [0.29, 0.717) is 13.0 Å². The Balaban J connectivity index is 1.67. The van der Waals surface area contributed by atoms with Crippen molar-refractivity contribution < 1.29 is 13.9 Å². The summed E-state index contributed by atoms with van der Waals surface area (Å²) in [5, 5.41) is 4.04. The summed E-state index contributed by atoms with van der Waals surface area (Å²) in [5.41, 5.74) is 3.97. The van der Waals surface area contributed by atoms with E-state index >= 15 is 0 Å². The van der Waals surface area contributed by atoms with Gasteiger partial charge in [0.25, 0.3) is 0 Å². The molecule has 27 heavy (non-hydrogen) atoms. The molecular formula is C22H26N2O3. The van der Waals surface area contributed by atoms with Crippen molar-refractivity contribution in [2.75, 3.05) is 27.7 Å². The summed E-state index contributed by atoms with van der Waals surface area (Å²) < 4.78 is 10.9. The van der Waals surface area contributed by atoms with Crippen LogP contribution in [0.3, 0.4) is 0 Å². The SMILES string of the molecule is COc1cccc(C(CNC(=O)Cc2coc3cc(C)ccc23)N(C)C)c1. The first-order valence-electron chi connectivity index (χ1n) is 9.01. The van der Waals surface area contributed by atoms with Crippen LogP contribution in [0.1, 0.15) is 22.7 Å². The van der Waals surface area contributed by atoms with Crippen molar-refractivity contribution in [2.24, 2.45) is 0 Å². The molecule has 0 aliphatic rings. The van der Waals surface area contributed by atoms with E-state index in [1.165, 1.54) is 0 Å². The van der Waals surface area contributed by atoms with E-state index in [1.807, 2.05) is 63.5 Å². The van der Waals surface area contributed by atoms with Crippen molar-refractivity contribution in [2.45, 2.75) is 19.4 Å². The quantitative estimate of drug-likeness (QED) is 0.693. The number of benzene rings is 2. The monoisotopic (exact) mass is 366 g/mol. The highest BCUT2D eigenvalue weighted by Gasteiger charge is 2.17. The minimum Gasteiger partial charge on any atom is -0.497 e. The van der Waals surface area contributed by atoms with Crippen molar-refractivity contribution in [1.29, 1.82) is 0 Å². The maximum Gasteiger partial charge on any atom is 0.224 e. The number of nitrogens with one attached hydrogen (secondary N) is 1. The molecule has 0 aliphatic carbocycles. The van der Waals surface area contributed by atoms with Crippen molar-refractivity contribution in [3.63, 3.8) is 0 Å². The molecular weight excluding hydrogens is 340 g/mol. The zero-order valence-electron chi connectivity index (χ0n) is 16.3. The normalized spacial score (nSPS) is 12.3. The summed E-state index contributed by atoms with van der Waals surface area (Å²) in [6, 6.07) is 14.0. The Morgan fingerprint density at radius 3 is 2.78 bits per heavy atom. The predicted molar refractivity (Wildman–Crippen MR) is 107 cm³/mol. The Labute approximate surface area is 159 Å². The van der Waals surface area contributed by atoms with E-state index in [0.717, 1.165) is 33.4 Å². The summed E-state index contributed by atoms with van der Waals surface area (Å²) in [4.78, 5) is 14.6. The van der Waals surface area contributed by atoms with E-state index in [9.17, 15) is 4.79 Å². The summed E-state index contributed by atoms with van der Waals surface area (Å²) in [7, 11) is 5.66. The number of methoxy groups -OCH3 is 1. The van der Waals surface area contributed by atoms with Crippen LogP contribution in [0.15, 0.2) is 53.1 Å². The largest absolute Gasteiger partial charge is 0.497 e. The molecule has 3 rings (SSSR count). The number of ether oxygens (including phenoxy) is 1. The summed E-state index contributed by atoms with van der Waals surface area (Å²) >= 11 is 0. The minimum absolute atomic E-state index is 0.0204. The number of carbonyl (C=O) groups is 1. The number of carbonyl (C=O) groups excluding carboxylic acids is 1. The Morgan fingerprint density at radius 1 is 1.22 bits per heavy atom. The molecule has 0 radical (unpaired) electrons. The third kappa shape index (κ3) is 4.49. The van der Waals surface area contributed by atoms with Crippen molar-refractivity contribution in [3.05, 3.63) is 65.4 Å². The first-order valence-corrected chi connectivity index (χ1v) is 9.01. The number of furan rings is 1. The molecule has 1 aromatic heterocycles. The van der Waals surface area contributed by atoms with Crippen LogP contribution in [-0.2, 0) is 11.2 Å². The van der Waals surface area contributed by atoms with Crippen LogP contribution < -0.4 is 10.1 Å². The van der Waals surface area contributed by atoms with Crippen molar-refractivity contribution in [1.82, 2.24) is 10.2 Å². The molecule has 1 amide bonds. The van der Waals surface area contributed by atoms with Gasteiger partial charge in [0, 0.05) is 17.5 Å². The molecule has 142 valence electrons. The molecule has 0 aliphatic heterocycles. The number of aryl methyl sites for hydroxylation is 1. The summed E-state index contributed by atoms with van der Waals surface area (Å²) in [6.45, 7) is 2.54. The number of nitrogens with zero attached hydrogens (tertiary/aromatic N) is 1. The second kappa shape index (κ2) is 8.27. The fourth-order valence-corrected chi connectivity index (χ4v) is 3.22. The van der Waals surface area contributed by atoms with E-state index in [2.05, 4.69) is 10.2 Å². The van der Waals surface area contributed by atoms with E-state index in [-0.39, 0.29) is 11.9 Å². The topological polar surface area (TPSA) is 54.7 Å². The second-order valence-corrected chi connectivity index (χ2v) is 7.00. The molecule has 0 fully saturated rings. The number of likely N-dealkylation sites (N-methyl/N-ethyl adjacent to an activating group) is 1. The van der Waals surface area contributed by atoms with E-state index in [1.54, 1.807) is 13.4 Å². The number of amides is 1. The van der Waals surface area contributed by atoms with Gasteiger partial charge in [-0.1, -0.05) is 24.3 Å². The number of fused-ring (bicyclic) bond motifs is 1. The molecule has 3 aromatic rings. The molecule has 0 spiro atoms. The minimum atomic E-state index is -0.0204. The number of rotatable bonds is 7. The third-order valence-electron chi connectivity index (χ3n) is 4.76. The second-order valence-electron chi connectivity index (χ2n) is 7.00. The Kier molecular flexibility index (Phi) is 5.81. The third-order valence-corrected chi connectivity index (χ3v) is 4.76. The van der Waals surface area contributed by atoms with Crippen LogP contribution in [-0.4, -0.2) is 38.6 Å². The van der Waals surface area contributed by atoms with Crippen LogP contribution in [0, 0.1) is 6.92 Å². The van der Waals surface area contributed by atoms with Crippen LogP contribution in [0.5, 0.6) is 5.75 Å². The van der Waals surface area contributed by atoms with Crippen LogP contribution in [0.2, 0.25) is 0 Å². The van der Waals surface area contributed by atoms with Gasteiger partial charge in [-0.3, -0.25) is 4.79 Å². The van der Waals surface area contributed by atoms with Crippen molar-refractivity contribution in [3.8, 4) is 5.75 Å². The number of hydrogen-bond acceptors (Lipinski definition) is 4. The molecule has 0 saturated carbocycles. The van der Waals surface area contributed by atoms with E-state index < -0.39 is 0 Å². The lowest BCUT2D eigenvalue weighted by Gasteiger charge is -2.25. The van der Waals surface area contributed by atoms with Crippen molar-refractivity contribution >= 4 is 16.9 Å². The van der Waals surface area contributed by atoms with Gasteiger partial charge in [0.05, 0.1) is 25.8 Å². The Hall–Kier alpha value is -2.79. The molecule has 5 nitrogen and oxygen atoms in total. The summed E-state index contributed by atoms with van der Waals surface area (Å²) in [6.07, 6.45) is 1.98. The maximum atomic E-state index is 12.5. The number of hydrogen-bond donors (Lipinski definition) is 1. The van der Waals surface area contributed by atoms with Crippen LogP contribution in [0.4, 0.5) is 0 Å². The first-order chi connectivity index (χ1) is 13.0. The lowest BCUT2D eigenvalue weighted by atomic mass is 10.0. The summed E-state index contributed by atoms with van der Waals surface area (Å²) in [5.74, 6) is 0.791. The Bertz CT molecular complexity index is 930. The van der Waals surface area contributed by atoms with Gasteiger partial charge in [-0.05, 0) is 50.3 Å². The van der Waals surface area contributed by atoms with Gasteiger partial charge in [0.2, 0.25) is 5.91 Å². The van der Waals surface area contributed by atoms with Crippen LogP contribution >= 0.6 is 0 Å². The molecule has 5 heteroatoms. The lowest BCUT2D eigenvalue weighted by Crippen LogP contribution is -2.35. The molecule has 1 N–H and O–H groups in total. The fraction of sp³-hybridized carbons (Fsp3) is 0.318. The molecule has 1 unspecified atom stereocenters. The highest BCUT2D eigenvalue weighted by Crippen LogP contribution is 2.24. The standard InChI is InChI=1S/C22H26N2O3/c1-15-8-9-19-17(14-27-21(19)10-15)12-22(25)23-13-20(24(2)3)16-6-5-7-18(11-16)26-4/h5-11,14,20H,12-13H2,1-4H3,(H,23,25). The van der Waals surface area contributed by atoms with Gasteiger partial charge in [-0.2, -0.15) is 0 Å².